The molecule has 0 aliphatic heterocycles. The number of carbonyl (C=O) groups excluding carboxylic acids is 1. The van der Waals surface area contributed by atoms with Gasteiger partial charge in [0.2, 0.25) is 5.91 Å². The van der Waals surface area contributed by atoms with Crippen LogP contribution in [0.15, 0.2) is 30.3 Å². The third-order valence-corrected chi connectivity index (χ3v) is 3.19. The lowest BCUT2D eigenvalue weighted by Crippen LogP contribution is -2.32. The third-order valence-electron chi connectivity index (χ3n) is 3.19. The van der Waals surface area contributed by atoms with Crippen molar-refractivity contribution in [1.82, 2.24) is 4.90 Å². The lowest BCUT2D eigenvalue weighted by molar-refractivity contribution is -0.132. The summed E-state index contributed by atoms with van der Waals surface area (Å²) in [6.45, 7) is 2.73. The fourth-order valence-corrected chi connectivity index (χ4v) is 2.06. The number of hydrogen-bond donors (Lipinski definition) is 1. The molecule has 2 N–H and O–H groups in total. The normalized spacial score (nSPS) is 10.0. The average Bonchev–Trinajstić information content (AvgIpc) is 2.48. The van der Waals surface area contributed by atoms with Gasteiger partial charge in [0.1, 0.15) is 0 Å². The molecule has 0 fully saturated rings. The van der Waals surface area contributed by atoms with Crippen molar-refractivity contribution in [3.05, 3.63) is 35.9 Å². The van der Waals surface area contributed by atoms with E-state index in [0.717, 1.165) is 38.0 Å². The number of halogens is 1. The first-order valence-electron chi connectivity index (χ1n) is 7.28. The van der Waals surface area contributed by atoms with E-state index in [1.54, 1.807) is 7.11 Å². The highest BCUT2D eigenvalue weighted by Gasteiger charge is 2.13. The van der Waals surface area contributed by atoms with Gasteiger partial charge < -0.3 is 15.4 Å². The van der Waals surface area contributed by atoms with Crippen LogP contribution in [0.4, 0.5) is 0 Å². The molecule has 1 rings (SSSR count). The highest BCUT2D eigenvalue weighted by molar-refractivity contribution is 5.85. The maximum atomic E-state index is 12.3. The molecule has 0 atom stereocenters. The van der Waals surface area contributed by atoms with Crippen LogP contribution in [0.1, 0.15) is 31.2 Å². The first kappa shape index (κ1) is 19.9. The predicted octanol–water partition coefficient (Wildman–Crippen LogP) is 2.60. The molecule has 4 nitrogen and oxygen atoms in total. The molecule has 120 valence electrons. The SMILES string of the molecule is COCCCCC(=O)N(CCCN)Cc1ccccc1.Cl. The van der Waals surface area contributed by atoms with Crippen molar-refractivity contribution >= 4 is 18.3 Å². The highest BCUT2D eigenvalue weighted by atomic mass is 35.5. The van der Waals surface area contributed by atoms with Crippen molar-refractivity contribution in [1.29, 1.82) is 0 Å². The molecule has 5 heteroatoms. The summed E-state index contributed by atoms with van der Waals surface area (Å²) in [4.78, 5) is 14.2. The second-order valence-corrected chi connectivity index (χ2v) is 4.89. The van der Waals surface area contributed by atoms with Crippen LogP contribution >= 0.6 is 12.4 Å². The Bertz CT molecular complexity index is 374. The minimum Gasteiger partial charge on any atom is -0.385 e. The van der Waals surface area contributed by atoms with Gasteiger partial charge in [0, 0.05) is 33.2 Å². The van der Waals surface area contributed by atoms with Crippen molar-refractivity contribution < 1.29 is 9.53 Å². The Labute approximate surface area is 134 Å². The highest BCUT2D eigenvalue weighted by Crippen LogP contribution is 2.08. The van der Waals surface area contributed by atoms with Crippen molar-refractivity contribution in [2.24, 2.45) is 5.73 Å². The number of ether oxygens (including phenoxy) is 1. The molecule has 1 amide bonds. The van der Waals surface area contributed by atoms with Crippen LogP contribution in [0.3, 0.4) is 0 Å². The Morgan fingerprint density at radius 1 is 1.19 bits per heavy atom. The quantitative estimate of drug-likeness (QED) is 0.675. The lowest BCUT2D eigenvalue weighted by atomic mass is 10.1. The maximum Gasteiger partial charge on any atom is 0.222 e. The Hall–Kier alpha value is -1.10. The smallest absolute Gasteiger partial charge is 0.222 e. The van der Waals surface area contributed by atoms with E-state index in [0.29, 0.717) is 19.5 Å². The predicted molar refractivity (Wildman–Crippen MR) is 88.5 cm³/mol. The largest absolute Gasteiger partial charge is 0.385 e. The third kappa shape index (κ3) is 8.71. The van der Waals surface area contributed by atoms with E-state index in [4.69, 9.17) is 10.5 Å². The number of amides is 1. The molecule has 0 saturated heterocycles. The molecule has 0 aliphatic rings. The zero-order chi connectivity index (χ0) is 14.6. The van der Waals surface area contributed by atoms with Crippen molar-refractivity contribution in [2.45, 2.75) is 32.2 Å². The van der Waals surface area contributed by atoms with Crippen LogP contribution < -0.4 is 5.73 Å². The number of unbranched alkanes of at least 4 members (excludes halogenated alkanes) is 1. The van der Waals surface area contributed by atoms with Crippen molar-refractivity contribution in [3.63, 3.8) is 0 Å². The van der Waals surface area contributed by atoms with Crippen LogP contribution in [0.2, 0.25) is 0 Å². The average molecular weight is 315 g/mol. The van der Waals surface area contributed by atoms with Gasteiger partial charge in [-0.15, -0.1) is 12.4 Å². The van der Waals surface area contributed by atoms with Gasteiger partial charge in [0.05, 0.1) is 0 Å². The molecule has 0 bridgehead atoms. The molecular formula is C16H27ClN2O2. The van der Waals surface area contributed by atoms with Crippen molar-refractivity contribution in [3.8, 4) is 0 Å². The number of carbonyl (C=O) groups is 1. The van der Waals surface area contributed by atoms with Crippen LogP contribution in [-0.4, -0.2) is 37.6 Å². The van der Waals surface area contributed by atoms with E-state index in [9.17, 15) is 4.79 Å². The van der Waals surface area contributed by atoms with E-state index < -0.39 is 0 Å². The van der Waals surface area contributed by atoms with Crippen molar-refractivity contribution in [2.75, 3.05) is 26.8 Å². The van der Waals surface area contributed by atoms with Gasteiger partial charge in [-0.3, -0.25) is 4.79 Å². The standard InChI is InChI=1S/C16H26N2O2.ClH/c1-20-13-6-5-10-16(19)18(12-7-11-17)14-15-8-3-2-4-9-15;/h2-4,8-9H,5-7,10-14,17H2,1H3;1H. The molecule has 1 aromatic rings. The maximum absolute atomic E-state index is 12.3. The molecule has 0 radical (unpaired) electrons. The number of benzene rings is 1. The van der Waals surface area contributed by atoms with Crippen LogP contribution in [-0.2, 0) is 16.1 Å². The lowest BCUT2D eigenvalue weighted by Gasteiger charge is -2.22. The molecular weight excluding hydrogens is 288 g/mol. The summed E-state index contributed by atoms with van der Waals surface area (Å²) in [5, 5.41) is 0. The number of methoxy groups -OCH3 is 1. The van der Waals surface area contributed by atoms with Gasteiger partial charge in [-0.25, -0.2) is 0 Å². The monoisotopic (exact) mass is 314 g/mol. The molecule has 0 unspecified atom stereocenters. The number of nitrogens with zero attached hydrogens (tertiary/aromatic N) is 1. The second kappa shape index (κ2) is 12.6. The fourth-order valence-electron chi connectivity index (χ4n) is 2.06. The molecule has 0 aromatic heterocycles. The van der Waals surface area contributed by atoms with Gasteiger partial charge in [0.25, 0.3) is 0 Å². The topological polar surface area (TPSA) is 55.6 Å². The molecule has 1 aromatic carbocycles. The summed E-state index contributed by atoms with van der Waals surface area (Å²) < 4.78 is 5.00. The molecule has 0 aliphatic carbocycles. The van der Waals surface area contributed by atoms with E-state index in [2.05, 4.69) is 0 Å². The summed E-state index contributed by atoms with van der Waals surface area (Å²) in [6.07, 6.45) is 3.23. The van der Waals surface area contributed by atoms with Gasteiger partial charge in [-0.2, -0.15) is 0 Å². The van der Waals surface area contributed by atoms with Gasteiger partial charge in [-0.05, 0) is 31.4 Å². The zero-order valence-electron chi connectivity index (χ0n) is 12.8. The van der Waals surface area contributed by atoms with Gasteiger partial charge >= 0.3 is 0 Å². The summed E-state index contributed by atoms with van der Waals surface area (Å²) in [7, 11) is 1.69. The zero-order valence-corrected chi connectivity index (χ0v) is 13.6. The van der Waals surface area contributed by atoms with Gasteiger partial charge in [0.15, 0.2) is 0 Å². The van der Waals surface area contributed by atoms with E-state index in [1.807, 2.05) is 35.2 Å². The van der Waals surface area contributed by atoms with Crippen LogP contribution in [0, 0.1) is 0 Å². The summed E-state index contributed by atoms with van der Waals surface area (Å²) in [6, 6.07) is 10.1. The Morgan fingerprint density at radius 2 is 1.90 bits per heavy atom. The molecule has 21 heavy (non-hydrogen) atoms. The number of nitrogens with two attached hydrogens (primary N) is 1. The Balaban J connectivity index is 0.00000400. The Morgan fingerprint density at radius 3 is 2.52 bits per heavy atom. The number of hydrogen-bond acceptors (Lipinski definition) is 3. The van der Waals surface area contributed by atoms with Crippen LogP contribution in [0.5, 0.6) is 0 Å². The molecule has 0 heterocycles. The summed E-state index contributed by atoms with van der Waals surface area (Å²) in [5.41, 5.74) is 6.72. The Kier molecular flexibility index (Phi) is 12.0. The van der Waals surface area contributed by atoms with E-state index in [-0.39, 0.29) is 18.3 Å². The van der Waals surface area contributed by atoms with E-state index in [1.165, 1.54) is 0 Å². The summed E-state index contributed by atoms with van der Waals surface area (Å²) in [5.74, 6) is 0.207. The molecule has 0 spiro atoms. The minimum absolute atomic E-state index is 0. The fraction of sp³-hybridized carbons (Fsp3) is 0.562. The minimum atomic E-state index is 0. The van der Waals surface area contributed by atoms with Gasteiger partial charge in [-0.1, -0.05) is 30.3 Å². The van der Waals surface area contributed by atoms with Crippen LogP contribution in [0.25, 0.3) is 0 Å². The first-order valence-corrected chi connectivity index (χ1v) is 7.28. The second-order valence-electron chi connectivity index (χ2n) is 4.89. The van der Waals surface area contributed by atoms with E-state index >= 15 is 0 Å². The molecule has 0 saturated carbocycles. The summed E-state index contributed by atoms with van der Waals surface area (Å²) >= 11 is 0. The first-order chi connectivity index (χ1) is 9.77. The number of rotatable bonds is 10.